The van der Waals surface area contributed by atoms with Gasteiger partial charge in [-0.25, -0.2) is 4.57 Å². The minimum Gasteiger partial charge on any atom is -0.298 e. The molecular formula is C9H13N2+. The number of rotatable bonds is 0. The highest BCUT2D eigenvalue weighted by Gasteiger charge is 2.17. The van der Waals surface area contributed by atoms with E-state index in [4.69, 9.17) is 0 Å². The quantitative estimate of drug-likeness (QED) is 0.486. The molecule has 2 nitrogen and oxygen atoms in total. The van der Waals surface area contributed by atoms with Crippen LogP contribution in [0.3, 0.4) is 0 Å². The third kappa shape index (κ3) is 1.14. The van der Waals surface area contributed by atoms with E-state index in [-0.39, 0.29) is 0 Å². The minimum absolute atomic E-state index is 1.10. The molecule has 0 aliphatic carbocycles. The van der Waals surface area contributed by atoms with Crippen LogP contribution in [0.1, 0.15) is 11.1 Å². The molecule has 0 radical (unpaired) electrons. The fourth-order valence-corrected chi connectivity index (χ4v) is 1.62. The fourth-order valence-electron chi connectivity index (χ4n) is 1.62. The zero-order chi connectivity index (χ0) is 7.84. The van der Waals surface area contributed by atoms with Gasteiger partial charge in [0.1, 0.15) is 7.05 Å². The summed E-state index contributed by atoms with van der Waals surface area (Å²) in [6, 6.07) is 2.21. The molecule has 0 saturated heterocycles. The van der Waals surface area contributed by atoms with E-state index in [1.54, 1.807) is 0 Å². The Balaban J connectivity index is 2.43. The van der Waals surface area contributed by atoms with Crippen molar-refractivity contribution in [2.45, 2.75) is 13.1 Å². The van der Waals surface area contributed by atoms with Gasteiger partial charge in [0.05, 0.1) is 0 Å². The first-order valence-electron chi connectivity index (χ1n) is 3.91. The van der Waals surface area contributed by atoms with Crippen molar-refractivity contribution in [1.82, 2.24) is 4.90 Å². The van der Waals surface area contributed by atoms with Gasteiger partial charge in [-0.2, -0.15) is 0 Å². The van der Waals surface area contributed by atoms with Crippen LogP contribution in [0.25, 0.3) is 0 Å². The first-order chi connectivity index (χ1) is 5.25. The third-order valence-electron chi connectivity index (χ3n) is 2.16. The van der Waals surface area contributed by atoms with Crippen LogP contribution in [0.4, 0.5) is 0 Å². The normalized spacial score (nSPS) is 16.9. The smallest absolute Gasteiger partial charge is 0.173 e. The van der Waals surface area contributed by atoms with Crippen LogP contribution in [0, 0.1) is 0 Å². The van der Waals surface area contributed by atoms with E-state index in [0.717, 1.165) is 13.1 Å². The number of aryl methyl sites for hydroxylation is 1. The summed E-state index contributed by atoms with van der Waals surface area (Å²) in [6.07, 6.45) is 4.32. The highest BCUT2D eigenvalue weighted by molar-refractivity contribution is 5.24. The molecule has 0 atom stereocenters. The lowest BCUT2D eigenvalue weighted by atomic mass is 10.2. The van der Waals surface area contributed by atoms with Crippen molar-refractivity contribution in [2.75, 3.05) is 7.05 Å². The van der Waals surface area contributed by atoms with Crippen molar-refractivity contribution in [2.24, 2.45) is 7.05 Å². The average Bonchev–Trinajstić information content (AvgIpc) is 2.27. The molecule has 58 valence electrons. The molecule has 1 aliphatic heterocycles. The molecule has 1 aromatic heterocycles. The van der Waals surface area contributed by atoms with E-state index < -0.39 is 0 Å². The maximum atomic E-state index is 2.32. The summed E-state index contributed by atoms with van der Waals surface area (Å²) in [7, 11) is 4.22. The maximum Gasteiger partial charge on any atom is 0.173 e. The Labute approximate surface area is 67.1 Å². The number of nitrogens with zero attached hydrogens (tertiary/aromatic N) is 2. The van der Waals surface area contributed by atoms with E-state index in [0.29, 0.717) is 0 Å². The van der Waals surface area contributed by atoms with Gasteiger partial charge in [-0.1, -0.05) is 0 Å². The fraction of sp³-hybridized carbons (Fsp3) is 0.444. The molecule has 1 aliphatic rings. The van der Waals surface area contributed by atoms with Gasteiger partial charge in [-0.05, 0) is 12.6 Å². The Hall–Kier alpha value is -0.890. The van der Waals surface area contributed by atoms with Crippen molar-refractivity contribution in [3.63, 3.8) is 0 Å². The summed E-state index contributed by atoms with van der Waals surface area (Å²) in [6.45, 7) is 2.21. The number of pyridine rings is 1. The molecule has 2 heterocycles. The van der Waals surface area contributed by atoms with Gasteiger partial charge in [0.2, 0.25) is 0 Å². The highest BCUT2D eigenvalue weighted by atomic mass is 15.1. The first kappa shape index (κ1) is 6.80. The van der Waals surface area contributed by atoms with Crippen molar-refractivity contribution in [1.29, 1.82) is 0 Å². The molecule has 0 spiro atoms. The van der Waals surface area contributed by atoms with Gasteiger partial charge in [0.15, 0.2) is 12.4 Å². The van der Waals surface area contributed by atoms with Gasteiger partial charge in [0.25, 0.3) is 0 Å². The Morgan fingerprint density at radius 1 is 1.36 bits per heavy atom. The molecule has 2 rings (SSSR count). The molecule has 2 heteroatoms. The summed E-state index contributed by atoms with van der Waals surface area (Å²) in [5.41, 5.74) is 2.95. The molecule has 0 aromatic carbocycles. The Morgan fingerprint density at radius 3 is 2.91 bits per heavy atom. The predicted molar refractivity (Wildman–Crippen MR) is 42.8 cm³/mol. The molecule has 0 N–H and O–H groups in total. The number of fused-ring (bicyclic) bond motifs is 1. The van der Waals surface area contributed by atoms with Crippen LogP contribution >= 0.6 is 0 Å². The van der Waals surface area contributed by atoms with E-state index in [9.17, 15) is 0 Å². The van der Waals surface area contributed by atoms with Crippen LogP contribution in [0.2, 0.25) is 0 Å². The molecule has 0 bridgehead atoms. The molecule has 11 heavy (non-hydrogen) atoms. The maximum absolute atomic E-state index is 2.32. The summed E-state index contributed by atoms with van der Waals surface area (Å²) in [4.78, 5) is 2.32. The van der Waals surface area contributed by atoms with Gasteiger partial charge in [0, 0.05) is 24.7 Å². The van der Waals surface area contributed by atoms with Crippen LogP contribution in [-0.4, -0.2) is 11.9 Å². The Kier molecular flexibility index (Phi) is 1.43. The second kappa shape index (κ2) is 2.31. The number of aromatic nitrogens is 1. The number of hydrogen-bond acceptors (Lipinski definition) is 1. The topological polar surface area (TPSA) is 7.12 Å². The van der Waals surface area contributed by atoms with Crippen molar-refractivity contribution in [3.8, 4) is 0 Å². The summed E-state index contributed by atoms with van der Waals surface area (Å²) in [5, 5.41) is 0. The van der Waals surface area contributed by atoms with E-state index in [1.807, 2.05) is 0 Å². The van der Waals surface area contributed by atoms with E-state index >= 15 is 0 Å². The van der Waals surface area contributed by atoms with Crippen LogP contribution in [0.5, 0.6) is 0 Å². The Bertz CT molecular complexity index is 281. The molecule has 1 aromatic rings. The van der Waals surface area contributed by atoms with Gasteiger partial charge in [-0.3, -0.25) is 4.90 Å². The highest BCUT2D eigenvalue weighted by Crippen LogP contribution is 2.18. The van der Waals surface area contributed by atoms with Crippen LogP contribution in [-0.2, 0) is 20.1 Å². The van der Waals surface area contributed by atoms with Gasteiger partial charge < -0.3 is 0 Å². The van der Waals surface area contributed by atoms with E-state index in [1.165, 1.54) is 11.1 Å². The lowest BCUT2D eigenvalue weighted by molar-refractivity contribution is -0.671. The van der Waals surface area contributed by atoms with Crippen LogP contribution in [0.15, 0.2) is 18.5 Å². The van der Waals surface area contributed by atoms with Crippen molar-refractivity contribution < 1.29 is 4.57 Å². The zero-order valence-corrected chi connectivity index (χ0v) is 7.04. The third-order valence-corrected chi connectivity index (χ3v) is 2.16. The zero-order valence-electron chi connectivity index (χ0n) is 7.04. The monoisotopic (exact) mass is 149 g/mol. The molecule has 0 saturated carbocycles. The molecule has 0 unspecified atom stereocenters. The second-order valence-corrected chi connectivity index (χ2v) is 3.33. The standard InChI is InChI=1S/C9H13N2/c1-10-4-3-8-5-11(2)7-9(8)6-10/h3-4,6H,5,7H2,1-2H3/q+1. The van der Waals surface area contributed by atoms with Gasteiger partial charge >= 0.3 is 0 Å². The lowest BCUT2D eigenvalue weighted by Crippen LogP contribution is -2.27. The molecular weight excluding hydrogens is 136 g/mol. The van der Waals surface area contributed by atoms with Crippen molar-refractivity contribution >= 4 is 0 Å². The van der Waals surface area contributed by atoms with Gasteiger partial charge in [-0.15, -0.1) is 0 Å². The lowest BCUT2D eigenvalue weighted by Gasteiger charge is -2.02. The summed E-state index contributed by atoms with van der Waals surface area (Å²) >= 11 is 0. The molecule has 0 amide bonds. The predicted octanol–water partition coefficient (Wildman–Crippen LogP) is 0.456. The molecule has 0 fully saturated rings. The largest absolute Gasteiger partial charge is 0.298 e. The summed E-state index contributed by atoms with van der Waals surface area (Å²) < 4.78 is 2.11. The summed E-state index contributed by atoms with van der Waals surface area (Å²) in [5.74, 6) is 0. The SMILES string of the molecule is CN1Cc2cc[n+](C)cc2C1. The van der Waals surface area contributed by atoms with Crippen molar-refractivity contribution in [3.05, 3.63) is 29.6 Å². The van der Waals surface area contributed by atoms with E-state index in [2.05, 4.69) is 42.0 Å². The second-order valence-electron chi connectivity index (χ2n) is 3.33. The minimum atomic E-state index is 1.10. The first-order valence-corrected chi connectivity index (χ1v) is 3.91. The Morgan fingerprint density at radius 2 is 2.09 bits per heavy atom. The average molecular weight is 149 g/mol. The number of hydrogen-bond donors (Lipinski definition) is 0. The van der Waals surface area contributed by atoms with Crippen LogP contribution < -0.4 is 4.57 Å².